The zero-order valence-corrected chi connectivity index (χ0v) is 23.7. The van der Waals surface area contributed by atoms with Gasteiger partial charge in [0.1, 0.15) is 18.0 Å². The van der Waals surface area contributed by atoms with Crippen LogP contribution >= 0.6 is 0 Å². The Hall–Kier alpha value is -2.86. The third kappa shape index (κ3) is 12.3. The third-order valence-corrected chi connectivity index (χ3v) is 5.83. The smallest absolute Gasteiger partial charge is 0.313 e. The summed E-state index contributed by atoms with van der Waals surface area (Å²) in [5.41, 5.74) is 2.68. The summed E-state index contributed by atoms with van der Waals surface area (Å²) in [6.07, 6.45) is 2.23. The molecule has 0 saturated carbocycles. The van der Waals surface area contributed by atoms with Gasteiger partial charge in [-0.15, -0.1) is 0 Å². The second-order valence-electron chi connectivity index (χ2n) is 11.2. The molecule has 2 aromatic rings. The molecule has 0 aliphatic heterocycles. The predicted molar refractivity (Wildman–Crippen MR) is 148 cm³/mol. The fourth-order valence-electron chi connectivity index (χ4n) is 3.87. The highest BCUT2D eigenvalue weighted by Crippen LogP contribution is 2.20. The van der Waals surface area contributed by atoms with E-state index < -0.39 is 5.60 Å². The van der Waals surface area contributed by atoms with Crippen LogP contribution in [-0.4, -0.2) is 49.2 Å². The van der Waals surface area contributed by atoms with E-state index in [-0.39, 0.29) is 24.5 Å². The van der Waals surface area contributed by atoms with Crippen LogP contribution in [0, 0.1) is 5.92 Å². The molecule has 37 heavy (non-hydrogen) atoms. The summed E-state index contributed by atoms with van der Waals surface area (Å²) in [6, 6.07) is 15.9. The van der Waals surface area contributed by atoms with Crippen molar-refractivity contribution in [2.75, 3.05) is 26.7 Å². The van der Waals surface area contributed by atoms with Crippen LogP contribution in [0.3, 0.4) is 0 Å². The minimum absolute atomic E-state index is 0.179. The molecule has 0 aliphatic rings. The van der Waals surface area contributed by atoms with Gasteiger partial charge in [0.15, 0.2) is 0 Å². The van der Waals surface area contributed by atoms with E-state index in [1.165, 1.54) is 5.56 Å². The van der Waals surface area contributed by atoms with E-state index in [0.29, 0.717) is 25.5 Å². The molecule has 0 radical (unpaired) electrons. The van der Waals surface area contributed by atoms with E-state index in [9.17, 15) is 9.59 Å². The Kier molecular flexibility index (Phi) is 12.1. The molecule has 1 unspecified atom stereocenters. The number of hydrogen-bond donors (Lipinski definition) is 0. The van der Waals surface area contributed by atoms with E-state index in [2.05, 4.69) is 30.9 Å². The van der Waals surface area contributed by atoms with Gasteiger partial charge in [0.05, 0.1) is 18.9 Å². The topological polar surface area (TPSA) is 65.1 Å². The standard InChI is InChI=1S/C31H45NO5/c1-23(2)20-25-12-14-27(15-13-25)24(3)30(34)36-22-26-10-8-11-28(21-26)35-19-9-17-32(7)18-16-29(33)37-31(4,5)6/h8,10-15,21,23-24H,9,16-20,22H2,1-7H3. The van der Waals surface area contributed by atoms with E-state index in [1.54, 1.807) is 0 Å². The first-order valence-corrected chi connectivity index (χ1v) is 13.3. The first kappa shape index (κ1) is 30.4. The molecular formula is C31H45NO5. The number of hydrogen-bond acceptors (Lipinski definition) is 6. The van der Waals surface area contributed by atoms with Crippen LogP contribution in [0.4, 0.5) is 0 Å². The molecule has 6 heteroatoms. The van der Waals surface area contributed by atoms with Crippen molar-refractivity contribution in [1.29, 1.82) is 0 Å². The van der Waals surface area contributed by atoms with E-state index in [1.807, 2.05) is 71.1 Å². The maximum absolute atomic E-state index is 12.6. The van der Waals surface area contributed by atoms with Gasteiger partial charge >= 0.3 is 11.9 Å². The molecule has 0 bridgehead atoms. The molecule has 0 aliphatic carbocycles. The summed E-state index contributed by atoms with van der Waals surface area (Å²) >= 11 is 0. The van der Waals surface area contributed by atoms with Crippen molar-refractivity contribution in [3.8, 4) is 5.75 Å². The van der Waals surface area contributed by atoms with Crippen molar-refractivity contribution in [2.45, 2.75) is 78.9 Å². The van der Waals surface area contributed by atoms with Crippen molar-refractivity contribution in [2.24, 2.45) is 5.92 Å². The summed E-state index contributed by atoms with van der Waals surface area (Å²) < 4.78 is 16.8. The molecule has 0 spiro atoms. The maximum Gasteiger partial charge on any atom is 0.313 e. The van der Waals surface area contributed by atoms with Crippen molar-refractivity contribution in [3.63, 3.8) is 0 Å². The van der Waals surface area contributed by atoms with Crippen LogP contribution in [0.5, 0.6) is 5.75 Å². The molecule has 204 valence electrons. The number of nitrogens with zero attached hydrogens (tertiary/aromatic N) is 1. The summed E-state index contributed by atoms with van der Waals surface area (Å²) in [5.74, 6) is 0.614. The third-order valence-electron chi connectivity index (χ3n) is 5.83. The molecule has 1 atom stereocenters. The molecule has 6 nitrogen and oxygen atoms in total. The minimum Gasteiger partial charge on any atom is -0.494 e. The molecule has 0 saturated heterocycles. The largest absolute Gasteiger partial charge is 0.494 e. The van der Waals surface area contributed by atoms with Crippen LogP contribution in [0.2, 0.25) is 0 Å². The van der Waals surface area contributed by atoms with E-state index in [4.69, 9.17) is 14.2 Å². The Morgan fingerprint density at radius 2 is 1.65 bits per heavy atom. The molecule has 2 aromatic carbocycles. The van der Waals surface area contributed by atoms with Gasteiger partial charge in [0.25, 0.3) is 0 Å². The number of carbonyl (C=O) groups is 2. The SMILES string of the molecule is CC(C)Cc1ccc(C(C)C(=O)OCc2cccc(OCCCN(C)CCC(=O)OC(C)(C)C)c2)cc1. The zero-order chi connectivity index (χ0) is 27.4. The fraction of sp³-hybridized carbons (Fsp3) is 0.548. The summed E-state index contributed by atoms with van der Waals surface area (Å²) in [6.45, 7) is 14.1. The van der Waals surface area contributed by atoms with Crippen molar-refractivity contribution >= 4 is 11.9 Å². The van der Waals surface area contributed by atoms with Gasteiger partial charge < -0.3 is 19.1 Å². The monoisotopic (exact) mass is 511 g/mol. The average molecular weight is 512 g/mol. The Bertz CT molecular complexity index is 978. The van der Waals surface area contributed by atoms with E-state index in [0.717, 1.165) is 36.3 Å². The van der Waals surface area contributed by atoms with Gasteiger partial charge in [0, 0.05) is 13.1 Å². The highest BCUT2D eigenvalue weighted by Gasteiger charge is 2.18. The lowest BCUT2D eigenvalue weighted by atomic mass is 9.97. The van der Waals surface area contributed by atoms with Crippen LogP contribution in [0.1, 0.15) is 77.0 Å². The number of carbonyl (C=O) groups excluding carboxylic acids is 2. The van der Waals surface area contributed by atoms with Gasteiger partial charge in [-0.05, 0) is 82.3 Å². The molecule has 0 aromatic heterocycles. The predicted octanol–water partition coefficient (Wildman–Crippen LogP) is 6.16. The number of esters is 2. The number of rotatable bonds is 14. The molecule has 0 heterocycles. The quantitative estimate of drug-likeness (QED) is 0.223. The molecule has 0 fully saturated rings. The van der Waals surface area contributed by atoms with Crippen molar-refractivity contribution < 1.29 is 23.8 Å². The highest BCUT2D eigenvalue weighted by molar-refractivity contribution is 5.77. The molecule has 2 rings (SSSR count). The average Bonchev–Trinajstić information content (AvgIpc) is 2.83. The Morgan fingerprint density at radius 1 is 0.946 bits per heavy atom. The lowest BCUT2D eigenvalue weighted by molar-refractivity contribution is -0.155. The number of benzene rings is 2. The lowest BCUT2D eigenvalue weighted by Gasteiger charge is -2.21. The normalized spacial score (nSPS) is 12.5. The van der Waals surface area contributed by atoms with Gasteiger partial charge in [0.2, 0.25) is 0 Å². The van der Waals surface area contributed by atoms with Gasteiger partial charge in [-0.1, -0.05) is 50.2 Å². The Balaban J connectivity index is 1.71. The zero-order valence-electron chi connectivity index (χ0n) is 23.7. The second kappa shape index (κ2) is 14.8. The van der Waals surface area contributed by atoms with E-state index >= 15 is 0 Å². The molecular weight excluding hydrogens is 466 g/mol. The second-order valence-corrected chi connectivity index (χ2v) is 11.2. The maximum atomic E-state index is 12.6. The summed E-state index contributed by atoms with van der Waals surface area (Å²) in [7, 11) is 1.99. The van der Waals surface area contributed by atoms with Crippen molar-refractivity contribution in [1.82, 2.24) is 4.90 Å². The van der Waals surface area contributed by atoms with Crippen LogP contribution in [-0.2, 0) is 32.1 Å². The van der Waals surface area contributed by atoms with Crippen LogP contribution in [0.25, 0.3) is 0 Å². The highest BCUT2D eigenvalue weighted by atomic mass is 16.6. The minimum atomic E-state index is -0.450. The Labute approximate surface area is 223 Å². The fourth-order valence-corrected chi connectivity index (χ4v) is 3.87. The van der Waals surface area contributed by atoms with Gasteiger partial charge in [-0.3, -0.25) is 9.59 Å². The molecule has 0 amide bonds. The van der Waals surface area contributed by atoms with Crippen LogP contribution < -0.4 is 4.74 Å². The lowest BCUT2D eigenvalue weighted by Crippen LogP contribution is -2.28. The summed E-state index contributed by atoms with van der Waals surface area (Å²) in [4.78, 5) is 26.6. The first-order chi connectivity index (χ1) is 17.4. The Morgan fingerprint density at radius 3 is 2.30 bits per heavy atom. The van der Waals surface area contributed by atoms with Crippen molar-refractivity contribution in [3.05, 3.63) is 65.2 Å². The first-order valence-electron chi connectivity index (χ1n) is 13.3. The number of ether oxygens (including phenoxy) is 3. The van der Waals surface area contributed by atoms with Gasteiger partial charge in [-0.25, -0.2) is 0 Å². The van der Waals surface area contributed by atoms with Gasteiger partial charge in [-0.2, -0.15) is 0 Å². The summed E-state index contributed by atoms with van der Waals surface area (Å²) in [5, 5.41) is 0. The molecule has 0 N–H and O–H groups in total. The van der Waals surface area contributed by atoms with Crippen LogP contribution in [0.15, 0.2) is 48.5 Å².